The quantitative estimate of drug-likeness (QED) is 0.548. The molecule has 1 aromatic carbocycles. The number of rotatable bonds is 6. The lowest BCUT2D eigenvalue weighted by Crippen LogP contribution is -2.33. The van der Waals surface area contributed by atoms with Crippen molar-refractivity contribution in [2.75, 3.05) is 0 Å². The van der Waals surface area contributed by atoms with Crippen LogP contribution < -0.4 is 10.6 Å². The second kappa shape index (κ2) is 9.78. The highest BCUT2D eigenvalue weighted by Crippen LogP contribution is 2.44. The minimum Gasteiger partial charge on any atom is -0.481 e. The SMILES string of the molecule is CC1=C(C(=O)NCc2ccccc2)C(=NN=C2NC(=O)C(CC(=O)O)S2)OC12CCCCC2. The molecule has 3 aliphatic rings. The normalized spacial score (nSPS) is 24.3. The van der Waals surface area contributed by atoms with Gasteiger partial charge in [0, 0.05) is 6.54 Å². The zero-order valence-electron chi connectivity index (χ0n) is 18.3. The van der Waals surface area contributed by atoms with Gasteiger partial charge in [0.05, 0.1) is 6.42 Å². The molecule has 2 heterocycles. The molecule has 1 aromatic rings. The summed E-state index contributed by atoms with van der Waals surface area (Å²) in [7, 11) is 0. The molecule has 0 radical (unpaired) electrons. The summed E-state index contributed by atoms with van der Waals surface area (Å²) < 4.78 is 6.26. The van der Waals surface area contributed by atoms with Crippen molar-refractivity contribution in [3.8, 4) is 0 Å². The lowest BCUT2D eigenvalue weighted by molar-refractivity contribution is -0.138. The Morgan fingerprint density at radius 2 is 1.94 bits per heavy atom. The van der Waals surface area contributed by atoms with Crippen molar-refractivity contribution in [2.24, 2.45) is 10.2 Å². The lowest BCUT2D eigenvalue weighted by atomic mass is 9.79. The molecule has 0 bridgehead atoms. The maximum atomic E-state index is 13.2. The molecular formula is C23H26N4O5S. The summed E-state index contributed by atoms with van der Waals surface area (Å²) in [4.78, 5) is 36.1. The molecule has 3 N–H and O–H groups in total. The number of benzene rings is 1. The first-order chi connectivity index (χ1) is 15.9. The maximum absolute atomic E-state index is 13.2. The van der Waals surface area contributed by atoms with Gasteiger partial charge in [-0.2, -0.15) is 0 Å². The number of aliphatic carboxylic acids is 1. The average Bonchev–Trinajstić information content (AvgIpc) is 3.28. The van der Waals surface area contributed by atoms with E-state index in [0.717, 1.165) is 55.0 Å². The van der Waals surface area contributed by atoms with Crippen molar-refractivity contribution in [3.63, 3.8) is 0 Å². The van der Waals surface area contributed by atoms with Crippen LogP contribution >= 0.6 is 11.8 Å². The van der Waals surface area contributed by atoms with Crippen molar-refractivity contribution >= 4 is 40.6 Å². The van der Waals surface area contributed by atoms with Crippen molar-refractivity contribution in [3.05, 3.63) is 47.0 Å². The summed E-state index contributed by atoms with van der Waals surface area (Å²) in [6, 6.07) is 9.61. The van der Waals surface area contributed by atoms with E-state index in [1.54, 1.807) is 0 Å². The van der Waals surface area contributed by atoms with Gasteiger partial charge in [-0.15, -0.1) is 10.2 Å². The summed E-state index contributed by atoms with van der Waals surface area (Å²) >= 11 is 1.00. The predicted octanol–water partition coefficient (Wildman–Crippen LogP) is 2.73. The zero-order valence-corrected chi connectivity index (χ0v) is 19.1. The third kappa shape index (κ3) is 5.11. The number of carboxylic acids is 1. The van der Waals surface area contributed by atoms with Crippen molar-refractivity contribution in [1.29, 1.82) is 0 Å². The Morgan fingerprint density at radius 3 is 2.64 bits per heavy atom. The number of carbonyl (C=O) groups excluding carboxylic acids is 2. The van der Waals surface area contributed by atoms with Gasteiger partial charge in [0.25, 0.3) is 5.91 Å². The van der Waals surface area contributed by atoms with Crippen LogP contribution in [0, 0.1) is 0 Å². The van der Waals surface area contributed by atoms with Gasteiger partial charge in [-0.05, 0) is 43.7 Å². The Hall–Kier alpha value is -3.14. The van der Waals surface area contributed by atoms with Crippen LogP contribution in [-0.4, -0.2) is 44.8 Å². The number of amidine groups is 1. The second-order valence-corrected chi connectivity index (χ2v) is 9.52. The smallest absolute Gasteiger partial charge is 0.305 e. The van der Waals surface area contributed by atoms with E-state index in [4.69, 9.17) is 9.84 Å². The number of carboxylic acid groups (broad SMARTS) is 1. The Bertz CT molecular complexity index is 1040. The molecule has 1 saturated carbocycles. The molecule has 9 nitrogen and oxygen atoms in total. The first-order valence-electron chi connectivity index (χ1n) is 11.0. The number of amides is 2. The van der Waals surface area contributed by atoms with Gasteiger partial charge >= 0.3 is 5.97 Å². The molecular weight excluding hydrogens is 444 g/mol. The summed E-state index contributed by atoms with van der Waals surface area (Å²) in [5.74, 6) is -1.65. The largest absolute Gasteiger partial charge is 0.481 e. The molecule has 2 amide bonds. The summed E-state index contributed by atoms with van der Waals surface area (Å²) in [6.07, 6.45) is 4.42. The fourth-order valence-electron chi connectivity index (χ4n) is 4.34. The molecule has 1 unspecified atom stereocenters. The first-order valence-corrected chi connectivity index (χ1v) is 11.8. The van der Waals surface area contributed by atoms with E-state index in [1.165, 1.54) is 0 Å². The molecule has 2 aliphatic heterocycles. The summed E-state index contributed by atoms with van der Waals surface area (Å²) in [5.41, 5.74) is 1.63. The van der Waals surface area contributed by atoms with Crippen LogP contribution in [0.25, 0.3) is 0 Å². The molecule has 2 fully saturated rings. The van der Waals surface area contributed by atoms with Crippen molar-refractivity contribution in [1.82, 2.24) is 10.6 Å². The molecule has 4 rings (SSSR count). The van der Waals surface area contributed by atoms with Crippen LogP contribution in [0.4, 0.5) is 0 Å². The zero-order chi connectivity index (χ0) is 23.4. The summed E-state index contributed by atoms with van der Waals surface area (Å²) in [6.45, 7) is 2.28. The van der Waals surface area contributed by atoms with Crippen LogP contribution in [0.1, 0.15) is 51.0 Å². The monoisotopic (exact) mass is 470 g/mol. The topological polar surface area (TPSA) is 129 Å². The van der Waals surface area contributed by atoms with Gasteiger partial charge < -0.3 is 20.5 Å². The fraction of sp³-hybridized carbons (Fsp3) is 0.435. The Morgan fingerprint density at radius 1 is 1.21 bits per heavy atom. The van der Waals surface area contributed by atoms with Crippen molar-refractivity contribution in [2.45, 2.75) is 62.8 Å². The number of ether oxygens (including phenoxy) is 1. The van der Waals surface area contributed by atoms with E-state index in [1.807, 2.05) is 37.3 Å². The van der Waals surface area contributed by atoms with E-state index < -0.39 is 22.7 Å². The van der Waals surface area contributed by atoms with Gasteiger partial charge in [0.1, 0.15) is 16.4 Å². The average molecular weight is 471 g/mol. The van der Waals surface area contributed by atoms with Gasteiger partial charge in [0.2, 0.25) is 11.8 Å². The second-order valence-electron chi connectivity index (χ2n) is 8.33. The van der Waals surface area contributed by atoms with E-state index in [-0.39, 0.29) is 23.4 Å². The van der Waals surface area contributed by atoms with E-state index in [0.29, 0.717) is 12.1 Å². The van der Waals surface area contributed by atoms with Gasteiger partial charge in [-0.25, -0.2) is 0 Å². The highest BCUT2D eigenvalue weighted by molar-refractivity contribution is 8.15. The molecule has 0 aromatic heterocycles. The van der Waals surface area contributed by atoms with Crippen LogP contribution in [-0.2, 0) is 25.7 Å². The predicted molar refractivity (Wildman–Crippen MR) is 125 cm³/mol. The first kappa shape index (κ1) is 23.0. The van der Waals surface area contributed by atoms with E-state index in [2.05, 4.69) is 20.8 Å². The van der Waals surface area contributed by atoms with Crippen LogP contribution in [0.3, 0.4) is 0 Å². The number of hydrogen-bond donors (Lipinski definition) is 3. The number of thioether (sulfide) groups is 1. The van der Waals surface area contributed by atoms with Crippen molar-refractivity contribution < 1.29 is 24.2 Å². The third-order valence-electron chi connectivity index (χ3n) is 6.12. The molecule has 1 atom stereocenters. The molecule has 33 heavy (non-hydrogen) atoms. The van der Waals surface area contributed by atoms with E-state index in [9.17, 15) is 14.4 Å². The molecule has 1 spiro atoms. The number of nitrogens with one attached hydrogen (secondary N) is 2. The minimum absolute atomic E-state index is 0.129. The van der Waals surface area contributed by atoms with Crippen LogP contribution in [0.2, 0.25) is 0 Å². The van der Waals surface area contributed by atoms with Gasteiger partial charge in [-0.1, -0.05) is 48.5 Å². The third-order valence-corrected chi connectivity index (χ3v) is 7.19. The Labute approximate surface area is 195 Å². The van der Waals surface area contributed by atoms with E-state index >= 15 is 0 Å². The fourth-order valence-corrected chi connectivity index (χ4v) is 5.25. The molecule has 1 saturated heterocycles. The minimum atomic E-state index is -1.07. The van der Waals surface area contributed by atoms with Gasteiger partial charge in [-0.3, -0.25) is 14.4 Å². The highest BCUT2D eigenvalue weighted by Gasteiger charge is 2.47. The highest BCUT2D eigenvalue weighted by atomic mass is 32.2. The Balaban J connectivity index is 1.57. The maximum Gasteiger partial charge on any atom is 0.305 e. The lowest BCUT2D eigenvalue weighted by Gasteiger charge is -2.33. The van der Waals surface area contributed by atoms with Crippen LogP contribution in [0.5, 0.6) is 0 Å². The summed E-state index contributed by atoms with van der Waals surface area (Å²) in [5, 5.41) is 22.1. The van der Waals surface area contributed by atoms with Crippen LogP contribution in [0.15, 0.2) is 51.7 Å². The Kier molecular flexibility index (Phi) is 6.83. The molecule has 174 valence electrons. The van der Waals surface area contributed by atoms with Gasteiger partial charge in [0.15, 0.2) is 5.17 Å². The molecule has 1 aliphatic carbocycles. The standard InChI is InChI=1S/C23H26N4O5S/c1-14-18(20(31)24-13-15-8-4-2-5-9-15)21(32-23(14)10-6-3-7-11-23)26-27-22-25-19(30)16(33-22)12-17(28)29/h2,4-5,8-9,16H,3,6-7,10-13H2,1H3,(H,24,31)(H,28,29)(H,25,27,30). The number of carbonyl (C=O) groups is 3. The number of hydrogen-bond acceptors (Lipinski definition) is 7. The number of nitrogens with zero attached hydrogens (tertiary/aromatic N) is 2. The molecule has 10 heteroatoms.